The summed E-state index contributed by atoms with van der Waals surface area (Å²) in [4.78, 5) is 29.5. The van der Waals surface area contributed by atoms with Gasteiger partial charge in [0.25, 0.3) is 20.0 Å². The smallest absolute Gasteiger partial charge is 0.329 e. The third kappa shape index (κ3) is 12.8. The Bertz CT molecular complexity index is 1130. The Labute approximate surface area is 218 Å². The lowest BCUT2D eigenvalue weighted by Gasteiger charge is -2.12. The van der Waals surface area contributed by atoms with Gasteiger partial charge in [-0.05, 0) is 54.8 Å². The largest absolute Gasteiger partial charge is 0.481 e. The first-order valence-electron chi connectivity index (χ1n) is 11.6. The molecule has 0 aliphatic heterocycles. The standard InChI is InChI=1S/C12H17NO4S.C6H7NO3S.C6H12O2/c1-3-10(4-2)12(14)17-13-18(15,16)11-8-6-5-7-9-11;8-7-11(9,10)6-4-2-1-3-5-6;1-3-5(4-2)6(7)8/h5-10,13H,3-4H2,1-2H3;1-5,7-8H;5H,3-4H2,1-2H3,(H,7,8). The molecule has 0 aliphatic carbocycles. The molecule has 0 atom stereocenters. The molecule has 0 heterocycles. The number of carboxylic acids is 1. The second-order valence-corrected chi connectivity index (χ2v) is 10.9. The normalized spacial score (nSPS) is 11.1. The van der Waals surface area contributed by atoms with Gasteiger partial charge in [-0.1, -0.05) is 69.0 Å². The molecule has 0 aromatic heterocycles. The average Bonchev–Trinajstić information content (AvgIpc) is 2.90. The van der Waals surface area contributed by atoms with E-state index >= 15 is 0 Å². The van der Waals surface area contributed by atoms with E-state index in [0.29, 0.717) is 12.8 Å². The molecule has 11 nitrogen and oxygen atoms in total. The van der Waals surface area contributed by atoms with Crippen molar-refractivity contribution >= 4 is 32.0 Å². The first kappa shape index (κ1) is 34.2. The molecule has 0 unspecified atom stereocenters. The summed E-state index contributed by atoms with van der Waals surface area (Å²) in [6, 6.07) is 15.4. The van der Waals surface area contributed by atoms with Gasteiger partial charge in [-0.2, -0.15) is 0 Å². The van der Waals surface area contributed by atoms with E-state index in [9.17, 15) is 26.4 Å². The van der Waals surface area contributed by atoms with Crippen molar-refractivity contribution < 1.29 is 41.6 Å². The van der Waals surface area contributed by atoms with E-state index in [1.165, 1.54) is 29.2 Å². The zero-order chi connectivity index (χ0) is 28.5. The number of benzene rings is 2. The minimum atomic E-state index is -3.80. The van der Waals surface area contributed by atoms with Crippen LogP contribution in [0, 0.1) is 11.8 Å². The van der Waals surface area contributed by atoms with Crippen LogP contribution in [0.3, 0.4) is 0 Å². The molecule has 2 aromatic rings. The Morgan fingerprint density at radius 2 is 1.11 bits per heavy atom. The number of carbonyl (C=O) groups excluding carboxylic acids is 1. The van der Waals surface area contributed by atoms with Crippen LogP contribution in [0.2, 0.25) is 0 Å². The van der Waals surface area contributed by atoms with Gasteiger partial charge in [-0.3, -0.25) is 9.59 Å². The van der Waals surface area contributed by atoms with Crippen LogP contribution in [0.15, 0.2) is 70.5 Å². The Morgan fingerprint density at radius 3 is 1.41 bits per heavy atom. The van der Waals surface area contributed by atoms with Gasteiger partial charge in [0.15, 0.2) is 0 Å². The lowest BCUT2D eigenvalue weighted by atomic mass is 10.0. The molecule has 0 aliphatic rings. The van der Waals surface area contributed by atoms with Crippen molar-refractivity contribution in [3.63, 3.8) is 0 Å². The summed E-state index contributed by atoms with van der Waals surface area (Å²) in [5.41, 5.74) is 0. The first-order chi connectivity index (χ1) is 17.4. The van der Waals surface area contributed by atoms with E-state index in [0.717, 1.165) is 12.8 Å². The van der Waals surface area contributed by atoms with E-state index in [-0.39, 0.29) is 21.6 Å². The van der Waals surface area contributed by atoms with Crippen molar-refractivity contribution in [1.29, 1.82) is 0 Å². The van der Waals surface area contributed by atoms with Gasteiger partial charge >= 0.3 is 11.9 Å². The number of rotatable bonds is 11. The van der Waals surface area contributed by atoms with Gasteiger partial charge < -0.3 is 15.2 Å². The van der Waals surface area contributed by atoms with Crippen LogP contribution in [-0.2, 0) is 34.5 Å². The Hall–Kier alpha value is -2.84. The predicted molar refractivity (Wildman–Crippen MR) is 137 cm³/mol. The van der Waals surface area contributed by atoms with Crippen molar-refractivity contribution in [2.24, 2.45) is 11.8 Å². The molecule has 208 valence electrons. The van der Waals surface area contributed by atoms with Crippen molar-refractivity contribution in [2.75, 3.05) is 0 Å². The second-order valence-electron chi connectivity index (χ2n) is 7.59. The summed E-state index contributed by atoms with van der Waals surface area (Å²) >= 11 is 0. The fourth-order valence-electron chi connectivity index (χ4n) is 2.74. The van der Waals surface area contributed by atoms with Crippen LogP contribution in [0.5, 0.6) is 0 Å². The SMILES string of the molecule is CCC(CC)C(=O)O.CCC(CC)C(=O)ONS(=O)(=O)c1ccccc1.O=S(=O)(NO)c1ccccc1. The number of hydrogen-bond acceptors (Lipinski definition) is 8. The Morgan fingerprint density at radius 1 is 0.730 bits per heavy atom. The molecule has 0 saturated carbocycles. The lowest BCUT2D eigenvalue weighted by Crippen LogP contribution is -2.30. The summed E-state index contributed by atoms with van der Waals surface area (Å²) in [6.45, 7) is 7.48. The summed E-state index contributed by atoms with van der Waals surface area (Å²) in [6.07, 6.45) is 2.71. The number of nitrogens with one attached hydrogen (secondary N) is 2. The minimum absolute atomic E-state index is 0.0440. The van der Waals surface area contributed by atoms with Gasteiger partial charge in [0, 0.05) is 0 Å². The highest BCUT2D eigenvalue weighted by atomic mass is 32.2. The summed E-state index contributed by atoms with van der Waals surface area (Å²) in [7, 11) is -7.49. The summed E-state index contributed by atoms with van der Waals surface area (Å²) in [5, 5.41) is 16.6. The van der Waals surface area contributed by atoms with E-state index in [1.54, 1.807) is 36.4 Å². The van der Waals surface area contributed by atoms with Crippen molar-refractivity contribution in [3.8, 4) is 0 Å². The van der Waals surface area contributed by atoms with Crippen LogP contribution in [0.4, 0.5) is 0 Å². The fourth-order valence-corrected chi connectivity index (χ4v) is 4.16. The van der Waals surface area contributed by atoms with Gasteiger partial charge in [0.2, 0.25) is 0 Å². The molecule has 0 spiro atoms. The molecule has 2 rings (SSSR count). The summed E-state index contributed by atoms with van der Waals surface area (Å²) in [5.74, 6) is -1.65. The molecule has 0 fully saturated rings. The molecule has 0 bridgehead atoms. The highest BCUT2D eigenvalue weighted by molar-refractivity contribution is 7.89. The molecular formula is C24H36N2O9S2. The number of sulfonamides is 2. The van der Waals surface area contributed by atoms with Crippen molar-refractivity contribution in [3.05, 3.63) is 60.7 Å². The maximum Gasteiger partial charge on any atom is 0.329 e. The zero-order valence-electron chi connectivity index (χ0n) is 21.3. The molecule has 13 heteroatoms. The third-order valence-electron chi connectivity index (χ3n) is 5.13. The average molecular weight is 561 g/mol. The Kier molecular flexibility index (Phi) is 16.2. The molecule has 2 aromatic carbocycles. The highest BCUT2D eigenvalue weighted by Crippen LogP contribution is 2.11. The van der Waals surface area contributed by atoms with Gasteiger partial charge in [0.1, 0.15) is 0 Å². The van der Waals surface area contributed by atoms with Crippen LogP contribution in [-0.4, -0.2) is 39.1 Å². The maximum absolute atomic E-state index is 11.7. The molecule has 37 heavy (non-hydrogen) atoms. The number of carboxylic acid groups (broad SMARTS) is 1. The van der Waals surface area contributed by atoms with Crippen LogP contribution in [0.1, 0.15) is 53.4 Å². The van der Waals surface area contributed by atoms with E-state index in [1.807, 2.05) is 32.6 Å². The van der Waals surface area contributed by atoms with E-state index in [4.69, 9.17) is 10.3 Å². The molecule has 0 saturated heterocycles. The number of hydrogen-bond donors (Lipinski definition) is 4. The topological polar surface area (TPSA) is 176 Å². The van der Waals surface area contributed by atoms with Crippen molar-refractivity contribution in [2.45, 2.75) is 63.2 Å². The van der Waals surface area contributed by atoms with Gasteiger partial charge in [-0.25, -0.2) is 16.8 Å². The van der Waals surface area contributed by atoms with Crippen molar-refractivity contribution in [1.82, 2.24) is 9.77 Å². The predicted octanol–water partition coefficient (Wildman–Crippen LogP) is 3.72. The summed E-state index contributed by atoms with van der Waals surface area (Å²) < 4.78 is 45.2. The quantitative estimate of drug-likeness (QED) is 0.298. The molecule has 4 N–H and O–H groups in total. The van der Waals surface area contributed by atoms with E-state index in [2.05, 4.69) is 4.84 Å². The lowest BCUT2D eigenvalue weighted by molar-refractivity contribution is -0.152. The monoisotopic (exact) mass is 560 g/mol. The maximum atomic E-state index is 11.7. The Balaban J connectivity index is 0.000000580. The molecule has 0 radical (unpaired) electrons. The van der Waals surface area contributed by atoms with Crippen LogP contribution < -0.4 is 9.77 Å². The fraction of sp³-hybridized carbons (Fsp3) is 0.417. The highest BCUT2D eigenvalue weighted by Gasteiger charge is 2.20. The van der Waals surface area contributed by atoms with E-state index < -0.39 is 32.0 Å². The third-order valence-corrected chi connectivity index (χ3v) is 7.46. The molecular weight excluding hydrogens is 524 g/mol. The zero-order valence-corrected chi connectivity index (χ0v) is 23.0. The minimum Gasteiger partial charge on any atom is -0.481 e. The molecule has 0 amide bonds. The number of carbonyl (C=O) groups is 2. The van der Waals surface area contributed by atoms with Crippen LogP contribution >= 0.6 is 0 Å². The van der Waals surface area contributed by atoms with Gasteiger partial charge in [0.05, 0.1) is 21.6 Å². The number of aliphatic carboxylic acids is 1. The van der Waals surface area contributed by atoms with Crippen LogP contribution in [0.25, 0.3) is 0 Å². The van der Waals surface area contributed by atoms with Gasteiger partial charge in [-0.15, -0.1) is 0 Å². The first-order valence-corrected chi connectivity index (χ1v) is 14.6. The second kappa shape index (κ2) is 17.6.